The third kappa shape index (κ3) is 2.92. The smallest absolute Gasteiger partial charge is 0.136 e. The summed E-state index contributed by atoms with van der Waals surface area (Å²) in [4.78, 5) is 4.14. The predicted octanol–water partition coefficient (Wildman–Crippen LogP) is 3.34. The first-order valence-electron chi connectivity index (χ1n) is 6.63. The van der Waals surface area contributed by atoms with E-state index in [1.807, 2.05) is 33.0 Å². The molecule has 3 nitrogen and oxygen atoms in total. The Morgan fingerprint density at radius 3 is 2.79 bits per heavy atom. The minimum absolute atomic E-state index is 0.236. The van der Waals surface area contributed by atoms with Crippen molar-refractivity contribution >= 4 is 23.0 Å². The predicted molar refractivity (Wildman–Crippen MR) is 80.6 cm³/mol. The molecule has 2 rings (SSSR count). The van der Waals surface area contributed by atoms with Gasteiger partial charge in [0.15, 0.2) is 0 Å². The topological polar surface area (TPSA) is 48.0 Å². The molecule has 0 radical (unpaired) electrons. The van der Waals surface area contributed by atoms with Crippen LogP contribution < -0.4 is 4.72 Å². The van der Waals surface area contributed by atoms with Crippen LogP contribution in [0.1, 0.15) is 51.7 Å². The molecule has 0 aromatic carbocycles. The Bertz CT molecular complexity index is 475. The Morgan fingerprint density at radius 2 is 2.21 bits per heavy atom. The lowest BCUT2D eigenvalue weighted by Gasteiger charge is -2.34. The highest BCUT2D eigenvalue weighted by Crippen LogP contribution is 2.41. The summed E-state index contributed by atoms with van der Waals surface area (Å²) in [5, 5.41) is 0.502. The maximum absolute atomic E-state index is 12.4. The van der Waals surface area contributed by atoms with Crippen molar-refractivity contribution in [1.29, 1.82) is 0 Å². The fourth-order valence-corrected chi connectivity index (χ4v) is 3.64. The fourth-order valence-electron chi connectivity index (χ4n) is 2.46. The van der Waals surface area contributed by atoms with Crippen molar-refractivity contribution < 1.29 is 4.55 Å². The van der Waals surface area contributed by atoms with E-state index in [4.69, 9.17) is 11.6 Å². The minimum atomic E-state index is -1.09. The molecule has 1 aliphatic rings. The molecule has 1 aromatic heterocycles. The molecule has 1 N–H and O–H groups in total. The number of hydrogen-bond donors (Lipinski definition) is 1. The van der Waals surface area contributed by atoms with E-state index in [1.165, 1.54) is 5.56 Å². The van der Waals surface area contributed by atoms with E-state index in [-0.39, 0.29) is 10.3 Å². The molecule has 0 aliphatic heterocycles. The van der Waals surface area contributed by atoms with Crippen molar-refractivity contribution in [2.24, 2.45) is 0 Å². The Labute approximate surface area is 123 Å². The molecule has 19 heavy (non-hydrogen) atoms. The second kappa shape index (κ2) is 5.24. The van der Waals surface area contributed by atoms with Crippen LogP contribution in [0.25, 0.3) is 0 Å². The van der Waals surface area contributed by atoms with Gasteiger partial charge in [0.05, 0.1) is 5.54 Å². The number of pyridine rings is 1. The lowest BCUT2D eigenvalue weighted by molar-refractivity contribution is 0.371. The number of aryl methyl sites for hydroxylation is 1. The highest BCUT2D eigenvalue weighted by molar-refractivity contribution is 7.90. The molecular weight excluding hydrogens is 280 g/mol. The fraction of sp³-hybridized carbons (Fsp3) is 0.643. The van der Waals surface area contributed by atoms with Crippen molar-refractivity contribution in [2.75, 3.05) is 0 Å². The molecule has 0 saturated carbocycles. The van der Waals surface area contributed by atoms with Gasteiger partial charge >= 0.3 is 0 Å². The van der Waals surface area contributed by atoms with Gasteiger partial charge in [0, 0.05) is 17.6 Å². The third-order valence-corrected chi connectivity index (χ3v) is 5.63. The van der Waals surface area contributed by atoms with Crippen LogP contribution >= 0.6 is 11.6 Å². The van der Waals surface area contributed by atoms with Crippen molar-refractivity contribution in [1.82, 2.24) is 9.71 Å². The quantitative estimate of drug-likeness (QED) is 0.688. The summed E-state index contributed by atoms with van der Waals surface area (Å²) in [6, 6.07) is 1.92. The average molecular weight is 301 g/mol. The van der Waals surface area contributed by atoms with Gasteiger partial charge in [-0.2, -0.15) is 0 Å². The zero-order valence-electron chi connectivity index (χ0n) is 11.9. The standard InChI is InChI=1S/C14H21ClN2OS/c1-5-14(17-19(18)13(2,3)4)7-6-10-9-16-12(15)8-11(10)14/h8-9,17H,5-7H2,1-4H3. The first-order chi connectivity index (χ1) is 8.78. The number of halogens is 1. The van der Waals surface area contributed by atoms with Crippen LogP contribution in [0.3, 0.4) is 0 Å². The van der Waals surface area contributed by atoms with Crippen molar-refractivity contribution in [3.8, 4) is 0 Å². The van der Waals surface area contributed by atoms with Gasteiger partial charge in [-0.25, -0.2) is 4.98 Å². The molecule has 0 saturated heterocycles. The van der Waals surface area contributed by atoms with Crippen molar-refractivity contribution in [2.45, 2.75) is 57.2 Å². The Hall–Kier alpha value is -0.290. The van der Waals surface area contributed by atoms with Crippen molar-refractivity contribution in [3.05, 3.63) is 28.5 Å². The average Bonchev–Trinajstić information content (AvgIpc) is 2.67. The third-order valence-electron chi connectivity index (χ3n) is 3.74. The number of nitrogens with one attached hydrogen (secondary N) is 1. The Balaban J connectivity index is 2.34. The zero-order chi connectivity index (χ0) is 14.3. The first kappa shape index (κ1) is 15.1. The molecule has 106 valence electrons. The summed E-state index contributed by atoms with van der Waals surface area (Å²) in [5.41, 5.74) is 2.14. The molecule has 0 spiro atoms. The van der Waals surface area contributed by atoms with E-state index >= 15 is 0 Å². The lowest BCUT2D eigenvalue weighted by Crippen LogP contribution is -2.50. The summed E-state index contributed by atoms with van der Waals surface area (Å²) >= 11 is 4.93. The van der Waals surface area contributed by atoms with E-state index in [2.05, 4.69) is 16.6 Å². The zero-order valence-corrected chi connectivity index (χ0v) is 13.5. The minimum Gasteiger partial charge on any atom is -0.598 e. The Morgan fingerprint density at radius 1 is 1.53 bits per heavy atom. The summed E-state index contributed by atoms with van der Waals surface area (Å²) in [6.45, 7) is 8.06. The van der Waals surface area contributed by atoms with Gasteiger partial charge in [-0.15, -0.1) is 4.72 Å². The summed E-state index contributed by atoms with van der Waals surface area (Å²) in [6.07, 6.45) is 4.64. The molecule has 0 bridgehead atoms. The summed E-state index contributed by atoms with van der Waals surface area (Å²) in [7, 11) is 0. The van der Waals surface area contributed by atoms with Crippen LogP contribution in [0.5, 0.6) is 0 Å². The Kier molecular flexibility index (Phi) is 4.17. The normalized spacial score (nSPS) is 24.3. The number of aromatic nitrogens is 1. The van der Waals surface area contributed by atoms with Crippen LogP contribution in [0, 0.1) is 0 Å². The van der Waals surface area contributed by atoms with Gasteiger partial charge in [0.1, 0.15) is 9.90 Å². The molecule has 2 atom stereocenters. The van der Waals surface area contributed by atoms with Gasteiger partial charge in [0.25, 0.3) is 0 Å². The van der Waals surface area contributed by atoms with Gasteiger partial charge in [-0.05, 0) is 57.2 Å². The maximum atomic E-state index is 12.4. The van der Waals surface area contributed by atoms with Crippen LogP contribution in [0.2, 0.25) is 5.15 Å². The molecule has 0 amide bonds. The van der Waals surface area contributed by atoms with E-state index < -0.39 is 11.4 Å². The second-order valence-electron chi connectivity index (χ2n) is 6.08. The molecule has 1 heterocycles. The molecule has 1 aliphatic carbocycles. The van der Waals surface area contributed by atoms with Crippen LogP contribution in [-0.2, 0) is 23.3 Å². The van der Waals surface area contributed by atoms with Gasteiger partial charge in [-0.3, -0.25) is 0 Å². The van der Waals surface area contributed by atoms with Gasteiger partial charge in [0.2, 0.25) is 0 Å². The SMILES string of the molecule is CCC1(N[S+]([O-])C(C)(C)C)CCc2cnc(Cl)cc21. The second-order valence-corrected chi connectivity index (χ2v) is 8.44. The van der Waals surface area contributed by atoms with Crippen LogP contribution in [-0.4, -0.2) is 14.3 Å². The highest BCUT2D eigenvalue weighted by Gasteiger charge is 2.43. The van der Waals surface area contributed by atoms with Crippen LogP contribution in [0.4, 0.5) is 0 Å². The number of rotatable bonds is 3. The molecule has 2 unspecified atom stereocenters. The van der Waals surface area contributed by atoms with E-state index in [1.54, 1.807) is 0 Å². The maximum Gasteiger partial charge on any atom is 0.136 e. The largest absolute Gasteiger partial charge is 0.598 e. The van der Waals surface area contributed by atoms with E-state index in [0.29, 0.717) is 5.15 Å². The van der Waals surface area contributed by atoms with Gasteiger partial charge in [-0.1, -0.05) is 18.5 Å². The van der Waals surface area contributed by atoms with Gasteiger partial charge < -0.3 is 4.55 Å². The number of nitrogens with zero attached hydrogens (tertiary/aromatic N) is 1. The number of fused-ring (bicyclic) bond motifs is 1. The lowest BCUT2D eigenvalue weighted by atomic mass is 9.91. The van der Waals surface area contributed by atoms with Crippen LogP contribution in [0.15, 0.2) is 12.3 Å². The highest BCUT2D eigenvalue weighted by atomic mass is 35.5. The number of hydrogen-bond acceptors (Lipinski definition) is 3. The van der Waals surface area contributed by atoms with E-state index in [0.717, 1.165) is 24.8 Å². The van der Waals surface area contributed by atoms with E-state index in [9.17, 15) is 4.55 Å². The van der Waals surface area contributed by atoms with Crippen molar-refractivity contribution in [3.63, 3.8) is 0 Å². The molecule has 0 fully saturated rings. The monoisotopic (exact) mass is 300 g/mol. The first-order valence-corrected chi connectivity index (χ1v) is 8.16. The summed E-state index contributed by atoms with van der Waals surface area (Å²) in [5.74, 6) is 0. The molecule has 1 aromatic rings. The molecule has 5 heteroatoms. The summed E-state index contributed by atoms with van der Waals surface area (Å²) < 4.78 is 15.5. The molecular formula is C14H21ClN2OS.